The number of ether oxygens (including phenoxy) is 1. The molecule has 0 aromatic heterocycles. The summed E-state index contributed by atoms with van der Waals surface area (Å²) in [5.74, 6) is 1.15. The second-order valence-corrected chi connectivity index (χ2v) is 5.80. The fourth-order valence-electron chi connectivity index (χ4n) is 2.48. The number of aliphatic hydroxyl groups is 1. The summed E-state index contributed by atoms with van der Waals surface area (Å²) >= 11 is 0. The Balaban J connectivity index is 1.91. The molecular formula is C20H26FN3O2. The normalized spacial score (nSPS) is 11.3. The highest BCUT2D eigenvalue weighted by molar-refractivity contribution is 5.79. The molecule has 0 fully saturated rings. The lowest BCUT2D eigenvalue weighted by Gasteiger charge is -2.12. The lowest BCUT2D eigenvalue weighted by Crippen LogP contribution is -2.38. The topological polar surface area (TPSA) is 65.9 Å². The van der Waals surface area contributed by atoms with Crippen molar-refractivity contribution >= 4 is 5.96 Å². The summed E-state index contributed by atoms with van der Waals surface area (Å²) in [6.07, 6.45) is 0.861. The fraction of sp³-hybridized carbons (Fsp3) is 0.350. The fourth-order valence-corrected chi connectivity index (χ4v) is 2.48. The minimum absolute atomic E-state index is 0.287. The number of methoxy groups -OCH3 is 1. The van der Waals surface area contributed by atoms with Gasteiger partial charge < -0.3 is 20.5 Å². The monoisotopic (exact) mass is 359 g/mol. The molecule has 6 heteroatoms. The van der Waals surface area contributed by atoms with E-state index in [4.69, 9.17) is 9.84 Å². The van der Waals surface area contributed by atoms with Gasteiger partial charge in [-0.3, -0.25) is 0 Å². The summed E-state index contributed by atoms with van der Waals surface area (Å²) in [4.78, 5) is 4.52. The van der Waals surface area contributed by atoms with Crippen molar-refractivity contribution in [2.45, 2.75) is 26.5 Å². The summed E-state index contributed by atoms with van der Waals surface area (Å²) in [5, 5.41) is 15.6. The van der Waals surface area contributed by atoms with Crippen molar-refractivity contribution in [2.24, 2.45) is 4.99 Å². The molecule has 0 bridgehead atoms. The first-order valence-corrected chi connectivity index (χ1v) is 8.69. The molecule has 0 atom stereocenters. The van der Waals surface area contributed by atoms with Gasteiger partial charge in [-0.2, -0.15) is 0 Å². The second-order valence-electron chi connectivity index (χ2n) is 5.80. The molecule has 0 spiro atoms. The molecule has 0 unspecified atom stereocenters. The number of nitrogens with zero attached hydrogens (tertiary/aromatic N) is 1. The Labute approximate surface area is 153 Å². The van der Waals surface area contributed by atoms with Crippen LogP contribution in [0.4, 0.5) is 4.39 Å². The van der Waals surface area contributed by atoms with Gasteiger partial charge in [-0.05, 0) is 48.7 Å². The average molecular weight is 359 g/mol. The highest BCUT2D eigenvalue weighted by atomic mass is 19.1. The number of halogens is 1. The Morgan fingerprint density at radius 3 is 2.50 bits per heavy atom. The van der Waals surface area contributed by atoms with Gasteiger partial charge >= 0.3 is 0 Å². The molecular weight excluding hydrogens is 333 g/mol. The van der Waals surface area contributed by atoms with Crippen LogP contribution in [0.5, 0.6) is 5.75 Å². The maximum Gasteiger partial charge on any atom is 0.191 e. The van der Waals surface area contributed by atoms with E-state index in [1.54, 1.807) is 19.2 Å². The van der Waals surface area contributed by atoms with Crippen molar-refractivity contribution in [3.8, 4) is 5.75 Å². The Bertz CT molecular complexity index is 717. The molecule has 2 aromatic carbocycles. The molecule has 5 nitrogen and oxygen atoms in total. The van der Waals surface area contributed by atoms with Crippen molar-refractivity contribution < 1.29 is 14.2 Å². The van der Waals surface area contributed by atoms with Crippen LogP contribution in [-0.4, -0.2) is 31.3 Å². The van der Waals surface area contributed by atoms with Gasteiger partial charge in [0, 0.05) is 18.7 Å². The van der Waals surface area contributed by atoms with Crippen LogP contribution in [-0.2, 0) is 19.6 Å². The van der Waals surface area contributed by atoms with E-state index in [1.807, 2.05) is 31.2 Å². The Hall–Kier alpha value is -2.60. The minimum Gasteiger partial charge on any atom is -0.497 e. The standard InChI is InChI=1S/C20H26FN3O2/c1-3-22-20(23-11-10-15-4-7-18(26-2)8-5-15)24-13-16-6-9-19(21)17(12-16)14-25/h4-9,12,25H,3,10-11,13-14H2,1-2H3,(H2,22,23,24). The van der Waals surface area contributed by atoms with Crippen LogP contribution >= 0.6 is 0 Å². The predicted molar refractivity (Wildman–Crippen MR) is 102 cm³/mol. The molecule has 0 amide bonds. The smallest absolute Gasteiger partial charge is 0.191 e. The predicted octanol–water partition coefficient (Wildman–Crippen LogP) is 2.62. The number of nitrogens with one attached hydrogen (secondary N) is 2. The van der Waals surface area contributed by atoms with Gasteiger partial charge in [-0.15, -0.1) is 0 Å². The summed E-state index contributed by atoms with van der Waals surface area (Å²) in [7, 11) is 1.65. The highest BCUT2D eigenvalue weighted by Crippen LogP contribution is 2.12. The Morgan fingerprint density at radius 1 is 1.12 bits per heavy atom. The number of hydrogen-bond acceptors (Lipinski definition) is 3. The molecule has 0 aliphatic rings. The molecule has 2 aromatic rings. The van der Waals surface area contributed by atoms with Crippen molar-refractivity contribution in [2.75, 3.05) is 20.2 Å². The van der Waals surface area contributed by atoms with E-state index in [2.05, 4.69) is 15.6 Å². The first-order chi connectivity index (χ1) is 12.7. The number of hydrogen-bond donors (Lipinski definition) is 3. The van der Waals surface area contributed by atoms with E-state index in [1.165, 1.54) is 11.6 Å². The maximum absolute atomic E-state index is 13.4. The van der Waals surface area contributed by atoms with Gasteiger partial charge in [0.2, 0.25) is 0 Å². The number of aliphatic hydroxyl groups excluding tert-OH is 1. The van der Waals surface area contributed by atoms with Crippen molar-refractivity contribution in [1.29, 1.82) is 0 Å². The van der Waals surface area contributed by atoms with E-state index in [0.717, 1.165) is 30.8 Å². The van der Waals surface area contributed by atoms with Crippen LogP contribution in [0, 0.1) is 5.82 Å². The Kier molecular flexibility index (Phi) is 7.89. The molecule has 140 valence electrons. The van der Waals surface area contributed by atoms with E-state index < -0.39 is 5.82 Å². The largest absolute Gasteiger partial charge is 0.497 e. The molecule has 26 heavy (non-hydrogen) atoms. The highest BCUT2D eigenvalue weighted by Gasteiger charge is 2.03. The molecule has 3 N–H and O–H groups in total. The third-order valence-corrected chi connectivity index (χ3v) is 3.91. The molecule has 0 saturated heterocycles. The van der Waals surface area contributed by atoms with Crippen molar-refractivity contribution in [1.82, 2.24) is 10.6 Å². The SMILES string of the molecule is CCNC(=NCc1ccc(F)c(CO)c1)NCCc1ccc(OC)cc1. The van der Waals surface area contributed by atoms with Crippen LogP contribution < -0.4 is 15.4 Å². The van der Waals surface area contributed by atoms with E-state index >= 15 is 0 Å². The summed E-state index contributed by atoms with van der Waals surface area (Å²) in [6, 6.07) is 12.7. The lowest BCUT2D eigenvalue weighted by molar-refractivity contribution is 0.275. The quantitative estimate of drug-likeness (QED) is 0.501. The first kappa shape index (κ1) is 19.7. The van der Waals surface area contributed by atoms with Crippen molar-refractivity contribution in [3.63, 3.8) is 0 Å². The zero-order valence-electron chi connectivity index (χ0n) is 15.3. The molecule has 0 radical (unpaired) electrons. The van der Waals surface area contributed by atoms with Gasteiger partial charge in [0.05, 0.1) is 20.3 Å². The summed E-state index contributed by atoms with van der Waals surface area (Å²) in [5.41, 5.74) is 2.35. The third kappa shape index (κ3) is 6.04. The number of guanidine groups is 1. The Morgan fingerprint density at radius 2 is 1.85 bits per heavy atom. The van der Waals surface area contributed by atoms with Gasteiger partial charge in [-0.1, -0.05) is 18.2 Å². The minimum atomic E-state index is -0.398. The van der Waals surface area contributed by atoms with E-state index in [0.29, 0.717) is 12.5 Å². The number of aliphatic imine (C=N–C) groups is 1. The zero-order valence-corrected chi connectivity index (χ0v) is 15.3. The first-order valence-electron chi connectivity index (χ1n) is 8.69. The van der Waals surface area contributed by atoms with E-state index in [9.17, 15) is 4.39 Å². The second kappa shape index (κ2) is 10.4. The average Bonchev–Trinajstić information content (AvgIpc) is 2.67. The lowest BCUT2D eigenvalue weighted by atomic mass is 10.1. The van der Waals surface area contributed by atoms with Crippen LogP contribution in [0.15, 0.2) is 47.5 Å². The van der Waals surface area contributed by atoms with Gasteiger partial charge in [-0.25, -0.2) is 9.38 Å². The van der Waals surface area contributed by atoms with Gasteiger partial charge in [0.1, 0.15) is 11.6 Å². The van der Waals surface area contributed by atoms with Crippen molar-refractivity contribution in [3.05, 3.63) is 65.0 Å². The maximum atomic E-state index is 13.4. The summed E-state index contributed by atoms with van der Waals surface area (Å²) < 4.78 is 18.6. The zero-order chi connectivity index (χ0) is 18.8. The van der Waals surface area contributed by atoms with Crippen LogP contribution in [0.25, 0.3) is 0 Å². The van der Waals surface area contributed by atoms with Crippen LogP contribution in [0.2, 0.25) is 0 Å². The molecule has 0 saturated carbocycles. The van der Waals surface area contributed by atoms with Crippen LogP contribution in [0.3, 0.4) is 0 Å². The summed E-state index contributed by atoms with van der Waals surface area (Å²) in [6.45, 7) is 3.58. The van der Waals surface area contributed by atoms with E-state index in [-0.39, 0.29) is 12.2 Å². The molecule has 2 rings (SSSR count). The van der Waals surface area contributed by atoms with Gasteiger partial charge in [0.15, 0.2) is 5.96 Å². The van der Waals surface area contributed by atoms with Crippen LogP contribution in [0.1, 0.15) is 23.6 Å². The number of benzene rings is 2. The number of rotatable bonds is 8. The molecule has 0 aliphatic heterocycles. The third-order valence-electron chi connectivity index (χ3n) is 3.91. The van der Waals surface area contributed by atoms with Gasteiger partial charge in [0.25, 0.3) is 0 Å². The molecule has 0 heterocycles. The molecule has 0 aliphatic carbocycles.